The number of aromatic amines is 1. The molecule has 1 fully saturated rings. The number of ether oxygens (including phenoxy) is 2. The van der Waals surface area contributed by atoms with Gasteiger partial charge in [0.1, 0.15) is 0 Å². The standard InChI is InChI=1S/C22H22F2N2O3/c1-28-19-8-4-6-16(20(19)29-22(23)24)21(27)26-11-9-14(10-12-26)17-13-25-18-7-3-2-5-15(17)18/h2-8,13-14,22,25H,9-12H2,1H3. The molecule has 29 heavy (non-hydrogen) atoms. The van der Waals surface area contributed by atoms with Gasteiger partial charge in [-0.2, -0.15) is 8.78 Å². The van der Waals surface area contributed by atoms with Gasteiger partial charge in [0.15, 0.2) is 11.5 Å². The summed E-state index contributed by atoms with van der Waals surface area (Å²) in [6.07, 6.45) is 3.66. The van der Waals surface area contributed by atoms with E-state index in [9.17, 15) is 13.6 Å². The number of hydrogen-bond donors (Lipinski definition) is 1. The van der Waals surface area contributed by atoms with Crippen molar-refractivity contribution >= 4 is 16.8 Å². The Hall–Kier alpha value is -3.09. The van der Waals surface area contributed by atoms with Crippen molar-refractivity contribution in [3.05, 3.63) is 59.8 Å². The molecule has 0 unspecified atom stereocenters. The molecule has 0 spiro atoms. The van der Waals surface area contributed by atoms with E-state index in [2.05, 4.69) is 15.8 Å². The molecule has 4 rings (SSSR count). The van der Waals surface area contributed by atoms with Crippen LogP contribution >= 0.6 is 0 Å². The fraction of sp³-hybridized carbons (Fsp3) is 0.318. The quantitative estimate of drug-likeness (QED) is 0.670. The molecule has 7 heteroatoms. The molecule has 0 bridgehead atoms. The van der Waals surface area contributed by atoms with Crippen LogP contribution in [0.3, 0.4) is 0 Å². The van der Waals surface area contributed by atoms with E-state index in [-0.39, 0.29) is 23.0 Å². The smallest absolute Gasteiger partial charge is 0.387 e. The maximum Gasteiger partial charge on any atom is 0.387 e. The van der Waals surface area contributed by atoms with Crippen molar-refractivity contribution in [1.82, 2.24) is 9.88 Å². The van der Waals surface area contributed by atoms with Crippen LogP contribution in [0.5, 0.6) is 11.5 Å². The van der Waals surface area contributed by atoms with E-state index in [1.54, 1.807) is 11.0 Å². The third-order valence-electron chi connectivity index (χ3n) is 5.48. The Balaban J connectivity index is 1.51. The number of aromatic nitrogens is 1. The lowest BCUT2D eigenvalue weighted by atomic mass is 9.89. The van der Waals surface area contributed by atoms with Gasteiger partial charge in [0, 0.05) is 30.2 Å². The Morgan fingerprint density at radius 2 is 1.90 bits per heavy atom. The topological polar surface area (TPSA) is 54.6 Å². The second-order valence-electron chi connectivity index (χ2n) is 7.07. The van der Waals surface area contributed by atoms with Gasteiger partial charge in [-0.15, -0.1) is 0 Å². The van der Waals surface area contributed by atoms with Crippen molar-refractivity contribution in [2.45, 2.75) is 25.4 Å². The van der Waals surface area contributed by atoms with Gasteiger partial charge in [-0.1, -0.05) is 24.3 Å². The summed E-state index contributed by atoms with van der Waals surface area (Å²) in [6, 6.07) is 12.8. The van der Waals surface area contributed by atoms with Crippen LogP contribution in [-0.4, -0.2) is 42.6 Å². The lowest BCUT2D eigenvalue weighted by molar-refractivity contribution is -0.0516. The highest BCUT2D eigenvalue weighted by molar-refractivity contribution is 5.98. The van der Waals surface area contributed by atoms with E-state index in [1.807, 2.05) is 24.4 Å². The summed E-state index contributed by atoms with van der Waals surface area (Å²) in [5.74, 6) is -0.0761. The van der Waals surface area contributed by atoms with Crippen molar-refractivity contribution in [2.24, 2.45) is 0 Å². The van der Waals surface area contributed by atoms with Crippen molar-refractivity contribution in [3.8, 4) is 11.5 Å². The third kappa shape index (κ3) is 3.77. The zero-order valence-corrected chi connectivity index (χ0v) is 16.0. The monoisotopic (exact) mass is 400 g/mol. The minimum absolute atomic E-state index is 0.0928. The minimum Gasteiger partial charge on any atom is -0.493 e. The van der Waals surface area contributed by atoms with E-state index in [4.69, 9.17) is 4.74 Å². The van der Waals surface area contributed by atoms with Gasteiger partial charge in [0.05, 0.1) is 12.7 Å². The Kier molecular flexibility index (Phi) is 5.38. The SMILES string of the molecule is COc1cccc(C(=O)N2CCC(c3c[nH]c4ccccc34)CC2)c1OC(F)F. The summed E-state index contributed by atoms with van der Waals surface area (Å²) in [7, 11) is 1.36. The highest BCUT2D eigenvalue weighted by atomic mass is 19.3. The zero-order chi connectivity index (χ0) is 20.4. The maximum atomic E-state index is 13.0. The molecular weight excluding hydrogens is 378 g/mol. The first-order valence-corrected chi connectivity index (χ1v) is 9.55. The van der Waals surface area contributed by atoms with E-state index < -0.39 is 6.61 Å². The molecule has 2 aromatic carbocycles. The largest absolute Gasteiger partial charge is 0.493 e. The number of halogens is 2. The fourth-order valence-electron chi connectivity index (χ4n) is 4.05. The Bertz CT molecular complexity index is 1010. The highest BCUT2D eigenvalue weighted by Crippen LogP contribution is 2.36. The molecule has 0 saturated carbocycles. The number of nitrogens with zero attached hydrogens (tertiary/aromatic N) is 1. The predicted molar refractivity (Wildman–Crippen MR) is 106 cm³/mol. The molecule has 152 valence electrons. The van der Waals surface area contributed by atoms with E-state index in [0.717, 1.165) is 18.4 Å². The second-order valence-corrected chi connectivity index (χ2v) is 7.07. The summed E-state index contributed by atoms with van der Waals surface area (Å²) >= 11 is 0. The van der Waals surface area contributed by atoms with Crippen molar-refractivity contribution in [3.63, 3.8) is 0 Å². The molecule has 0 atom stereocenters. The number of hydrogen-bond acceptors (Lipinski definition) is 3. The van der Waals surface area contributed by atoms with E-state index >= 15 is 0 Å². The van der Waals surface area contributed by atoms with Gasteiger partial charge in [-0.25, -0.2) is 0 Å². The molecule has 2 heterocycles. The molecule has 0 radical (unpaired) electrons. The average Bonchev–Trinajstić information content (AvgIpc) is 3.17. The normalized spacial score (nSPS) is 15.1. The number of rotatable bonds is 5. The number of methoxy groups -OCH3 is 1. The maximum absolute atomic E-state index is 13.0. The van der Waals surface area contributed by atoms with Gasteiger partial charge >= 0.3 is 6.61 Å². The number of alkyl halides is 2. The fourth-order valence-corrected chi connectivity index (χ4v) is 4.05. The molecule has 5 nitrogen and oxygen atoms in total. The number of piperidine rings is 1. The predicted octanol–water partition coefficient (Wildman–Crippen LogP) is 4.80. The first-order valence-electron chi connectivity index (χ1n) is 9.55. The molecular formula is C22H22F2N2O3. The van der Waals surface area contributed by atoms with Crippen molar-refractivity contribution in [2.75, 3.05) is 20.2 Å². The number of H-pyrrole nitrogens is 1. The summed E-state index contributed by atoms with van der Waals surface area (Å²) in [4.78, 5) is 18.0. The van der Waals surface area contributed by atoms with Crippen molar-refractivity contribution < 1.29 is 23.0 Å². The number of likely N-dealkylation sites (tertiary alicyclic amines) is 1. The number of amides is 1. The number of benzene rings is 2. The van der Waals surface area contributed by atoms with E-state index in [0.29, 0.717) is 19.0 Å². The van der Waals surface area contributed by atoms with Crippen LogP contribution in [0.15, 0.2) is 48.7 Å². The number of carbonyl (C=O) groups is 1. The lowest BCUT2D eigenvalue weighted by Gasteiger charge is -2.32. The molecule has 1 saturated heterocycles. The van der Waals surface area contributed by atoms with Gasteiger partial charge in [0.25, 0.3) is 5.91 Å². The molecule has 0 aliphatic carbocycles. The second kappa shape index (κ2) is 8.11. The molecule has 3 aromatic rings. The number of para-hydroxylation sites is 2. The van der Waals surface area contributed by atoms with Gasteiger partial charge in [0.2, 0.25) is 0 Å². The minimum atomic E-state index is -3.04. The molecule has 1 N–H and O–H groups in total. The van der Waals surface area contributed by atoms with Crippen LogP contribution in [0.4, 0.5) is 8.78 Å². The first-order chi connectivity index (χ1) is 14.1. The number of nitrogens with one attached hydrogen (secondary N) is 1. The first kappa shape index (κ1) is 19.2. The zero-order valence-electron chi connectivity index (χ0n) is 16.0. The van der Waals surface area contributed by atoms with Crippen LogP contribution < -0.4 is 9.47 Å². The van der Waals surface area contributed by atoms with Crippen LogP contribution in [0.1, 0.15) is 34.7 Å². The van der Waals surface area contributed by atoms with Crippen LogP contribution in [0.25, 0.3) is 10.9 Å². The molecule has 1 aliphatic rings. The molecule has 1 amide bonds. The summed E-state index contributed by atoms with van der Waals surface area (Å²) in [5, 5.41) is 1.21. The number of fused-ring (bicyclic) bond motifs is 1. The Labute approximate surface area is 167 Å². The van der Waals surface area contributed by atoms with E-state index in [1.165, 1.54) is 30.2 Å². The summed E-state index contributed by atoms with van der Waals surface area (Å²) in [5.41, 5.74) is 2.46. The van der Waals surface area contributed by atoms with Crippen molar-refractivity contribution in [1.29, 1.82) is 0 Å². The van der Waals surface area contributed by atoms with Gasteiger partial charge in [-0.3, -0.25) is 4.79 Å². The molecule has 1 aromatic heterocycles. The van der Waals surface area contributed by atoms with Crippen LogP contribution in [0, 0.1) is 0 Å². The lowest BCUT2D eigenvalue weighted by Crippen LogP contribution is -2.38. The van der Waals surface area contributed by atoms with Crippen LogP contribution in [0.2, 0.25) is 0 Å². The highest BCUT2D eigenvalue weighted by Gasteiger charge is 2.29. The molecule has 1 aliphatic heterocycles. The summed E-state index contributed by atoms with van der Waals surface area (Å²) in [6.45, 7) is -1.94. The Morgan fingerprint density at radius 1 is 1.14 bits per heavy atom. The number of carbonyl (C=O) groups excluding carboxylic acids is 1. The summed E-state index contributed by atoms with van der Waals surface area (Å²) < 4.78 is 35.4. The van der Waals surface area contributed by atoms with Gasteiger partial charge in [-0.05, 0) is 42.5 Å². The van der Waals surface area contributed by atoms with Crippen LogP contribution in [-0.2, 0) is 0 Å². The third-order valence-corrected chi connectivity index (χ3v) is 5.48. The van der Waals surface area contributed by atoms with Gasteiger partial charge < -0.3 is 19.4 Å². The average molecular weight is 400 g/mol. The Morgan fingerprint density at radius 3 is 2.62 bits per heavy atom.